The molecule has 0 heterocycles. The third-order valence-electron chi connectivity index (χ3n) is 4.50. The summed E-state index contributed by atoms with van der Waals surface area (Å²) in [5, 5.41) is 21.1. The van der Waals surface area contributed by atoms with Gasteiger partial charge in [0.2, 0.25) is 0 Å². The first-order valence-electron chi connectivity index (χ1n) is 9.16. The zero-order valence-corrected chi connectivity index (χ0v) is 17.8. The third-order valence-corrected chi connectivity index (χ3v) is 4.97. The first-order chi connectivity index (χ1) is 11.3. The Morgan fingerprint density at radius 2 is 1.44 bits per heavy atom. The summed E-state index contributed by atoms with van der Waals surface area (Å²) >= 11 is 5.10. The van der Waals surface area contributed by atoms with E-state index in [2.05, 4.69) is 53.7 Å². The normalized spacial score (nSPS) is 12.3. The van der Waals surface area contributed by atoms with Gasteiger partial charge < -0.3 is 5.11 Å². The number of aryl methyl sites for hydroxylation is 1. The van der Waals surface area contributed by atoms with Gasteiger partial charge in [0.05, 0.1) is 0 Å². The maximum absolute atomic E-state index is 10.8. The Labute approximate surface area is 159 Å². The second-order valence-electron chi connectivity index (χ2n) is 9.02. The van der Waals surface area contributed by atoms with Crippen molar-refractivity contribution in [2.45, 2.75) is 84.5 Å². The highest BCUT2D eigenvalue weighted by Crippen LogP contribution is 2.40. The maximum Gasteiger partial charge on any atom is 0.123 e. The number of hydrogen-bond donors (Lipinski definition) is 2. The molecule has 0 spiro atoms. The summed E-state index contributed by atoms with van der Waals surface area (Å²) in [5.41, 5.74) is 3.17. The van der Waals surface area contributed by atoms with E-state index >= 15 is 0 Å². The average Bonchev–Trinajstić information content (AvgIpc) is 2.45. The monoisotopic (exact) mass is 365 g/mol. The third kappa shape index (κ3) is 6.59. The summed E-state index contributed by atoms with van der Waals surface area (Å²) in [4.78, 5) is 0.592. The van der Waals surface area contributed by atoms with Crippen molar-refractivity contribution in [1.82, 2.24) is 5.06 Å². The van der Waals surface area contributed by atoms with Crippen LogP contribution in [0.1, 0.15) is 83.9 Å². The molecule has 0 fully saturated rings. The molecule has 0 aliphatic carbocycles. The lowest BCUT2D eigenvalue weighted by molar-refractivity contribution is 0.0142. The fourth-order valence-electron chi connectivity index (χ4n) is 2.93. The van der Waals surface area contributed by atoms with Crippen LogP contribution in [0.5, 0.6) is 5.75 Å². The highest BCUT2D eigenvalue weighted by Gasteiger charge is 2.26. The molecule has 0 saturated carbocycles. The van der Waals surface area contributed by atoms with Crippen molar-refractivity contribution in [3.63, 3.8) is 0 Å². The van der Waals surface area contributed by atoms with E-state index in [1.165, 1.54) is 5.56 Å². The van der Waals surface area contributed by atoms with Crippen LogP contribution < -0.4 is 0 Å². The minimum Gasteiger partial charge on any atom is -0.507 e. The molecule has 0 unspecified atom stereocenters. The molecule has 0 aliphatic rings. The van der Waals surface area contributed by atoms with Gasteiger partial charge in [0.15, 0.2) is 0 Å². The Balaban J connectivity index is 2.85. The summed E-state index contributed by atoms with van der Waals surface area (Å²) < 4.78 is 0. The molecule has 3 nitrogen and oxygen atoms in total. The van der Waals surface area contributed by atoms with Crippen molar-refractivity contribution in [3.8, 4) is 5.75 Å². The van der Waals surface area contributed by atoms with Crippen LogP contribution >= 0.6 is 12.2 Å². The number of phenolic OH excluding ortho intramolecular Hbond substituents is 1. The van der Waals surface area contributed by atoms with Crippen molar-refractivity contribution < 1.29 is 10.3 Å². The first kappa shape index (κ1) is 21.9. The zero-order chi connectivity index (χ0) is 19.4. The molecule has 0 aliphatic heterocycles. The lowest BCUT2D eigenvalue weighted by Gasteiger charge is -2.28. The standard InChI is InChI=1S/C21H35NO2S/c1-20(2,3)16-13-15(14-17(19(16)23)21(4,5)6)11-9-8-10-12-18(25)22(7)24/h13-14,23-24H,8-12H2,1-7H3. The van der Waals surface area contributed by atoms with Crippen molar-refractivity contribution in [1.29, 1.82) is 0 Å². The number of benzene rings is 1. The Hall–Kier alpha value is -1.13. The molecule has 0 atom stereocenters. The number of rotatable bonds is 6. The zero-order valence-electron chi connectivity index (χ0n) is 16.9. The largest absolute Gasteiger partial charge is 0.507 e. The Morgan fingerprint density at radius 1 is 0.960 bits per heavy atom. The fraction of sp³-hybridized carbons (Fsp3) is 0.667. The number of unbranched alkanes of at least 4 members (excludes halogenated alkanes) is 2. The molecular weight excluding hydrogens is 330 g/mol. The van der Waals surface area contributed by atoms with Crippen LogP contribution in [0, 0.1) is 0 Å². The van der Waals surface area contributed by atoms with Gasteiger partial charge in [0.1, 0.15) is 10.7 Å². The van der Waals surface area contributed by atoms with Gasteiger partial charge >= 0.3 is 0 Å². The van der Waals surface area contributed by atoms with Gasteiger partial charge in [-0.1, -0.05) is 72.3 Å². The van der Waals surface area contributed by atoms with Gasteiger partial charge in [-0.05, 0) is 46.8 Å². The number of thiocarbonyl (C=S) groups is 1. The molecule has 0 bridgehead atoms. The van der Waals surface area contributed by atoms with Crippen LogP contribution in [0.25, 0.3) is 0 Å². The second kappa shape index (κ2) is 8.50. The first-order valence-corrected chi connectivity index (χ1v) is 9.57. The number of nitrogens with zero attached hydrogens (tertiary/aromatic N) is 1. The molecule has 142 valence electrons. The molecule has 1 aromatic carbocycles. The van der Waals surface area contributed by atoms with E-state index in [4.69, 9.17) is 12.2 Å². The summed E-state index contributed by atoms with van der Waals surface area (Å²) in [6, 6.07) is 4.33. The van der Waals surface area contributed by atoms with Crippen molar-refractivity contribution in [3.05, 3.63) is 28.8 Å². The Morgan fingerprint density at radius 3 is 1.84 bits per heavy atom. The summed E-state index contributed by atoms with van der Waals surface area (Å²) in [5.74, 6) is 0.445. The molecule has 1 aromatic rings. The van der Waals surface area contributed by atoms with E-state index in [9.17, 15) is 10.3 Å². The smallest absolute Gasteiger partial charge is 0.123 e. The predicted molar refractivity (Wildman–Crippen MR) is 110 cm³/mol. The number of phenols is 1. The van der Waals surface area contributed by atoms with Crippen LogP contribution in [0.15, 0.2) is 12.1 Å². The fourth-order valence-corrected chi connectivity index (χ4v) is 3.07. The molecule has 0 saturated heterocycles. The van der Waals surface area contributed by atoms with Crippen molar-refractivity contribution >= 4 is 17.2 Å². The molecule has 1 rings (SSSR count). The quantitative estimate of drug-likeness (QED) is 0.383. The number of aromatic hydroxyl groups is 1. The van der Waals surface area contributed by atoms with Crippen LogP contribution in [0.2, 0.25) is 0 Å². The van der Waals surface area contributed by atoms with Gasteiger partial charge in [-0.15, -0.1) is 0 Å². The van der Waals surface area contributed by atoms with Crippen LogP contribution in [-0.2, 0) is 17.3 Å². The van der Waals surface area contributed by atoms with Crippen LogP contribution in [0.4, 0.5) is 0 Å². The van der Waals surface area contributed by atoms with Gasteiger partial charge in [-0.25, -0.2) is 0 Å². The summed E-state index contributed by atoms with van der Waals surface area (Å²) in [6.45, 7) is 12.9. The topological polar surface area (TPSA) is 43.7 Å². The molecular formula is C21H35NO2S. The van der Waals surface area contributed by atoms with E-state index in [0.29, 0.717) is 10.7 Å². The van der Waals surface area contributed by atoms with Crippen molar-refractivity contribution in [2.24, 2.45) is 0 Å². The molecule has 25 heavy (non-hydrogen) atoms. The number of hydroxylamine groups is 2. The predicted octanol–water partition coefficient (Wildman–Crippen LogP) is 5.74. The maximum atomic E-state index is 10.8. The summed E-state index contributed by atoms with van der Waals surface area (Å²) in [6.07, 6.45) is 4.88. The van der Waals surface area contributed by atoms with Gasteiger partial charge in [0.25, 0.3) is 0 Å². The molecule has 0 amide bonds. The highest BCUT2D eigenvalue weighted by atomic mass is 32.1. The molecule has 2 N–H and O–H groups in total. The van der Waals surface area contributed by atoms with Crippen LogP contribution in [0.3, 0.4) is 0 Å². The SMILES string of the molecule is CN(O)C(=S)CCCCCc1cc(C(C)(C)C)c(O)c(C(C)(C)C)c1. The lowest BCUT2D eigenvalue weighted by atomic mass is 9.78. The molecule has 0 radical (unpaired) electrons. The van der Waals surface area contributed by atoms with Crippen molar-refractivity contribution in [2.75, 3.05) is 7.05 Å². The minimum atomic E-state index is -0.0853. The second-order valence-corrected chi connectivity index (χ2v) is 9.49. The minimum absolute atomic E-state index is 0.0853. The van der Waals surface area contributed by atoms with E-state index in [1.807, 2.05) is 0 Å². The number of hydrogen-bond acceptors (Lipinski definition) is 3. The molecule has 0 aromatic heterocycles. The van der Waals surface area contributed by atoms with E-state index in [-0.39, 0.29) is 10.8 Å². The van der Waals surface area contributed by atoms with Gasteiger partial charge in [0, 0.05) is 13.5 Å². The van der Waals surface area contributed by atoms with Gasteiger partial charge in [-0.3, -0.25) is 10.3 Å². The van der Waals surface area contributed by atoms with E-state index in [0.717, 1.165) is 48.3 Å². The highest BCUT2D eigenvalue weighted by molar-refractivity contribution is 7.80. The summed E-state index contributed by atoms with van der Waals surface area (Å²) in [7, 11) is 1.57. The Bertz CT molecular complexity index is 560. The average molecular weight is 366 g/mol. The van der Waals surface area contributed by atoms with E-state index < -0.39 is 0 Å². The lowest BCUT2D eigenvalue weighted by Crippen LogP contribution is -2.19. The van der Waals surface area contributed by atoms with E-state index in [1.54, 1.807) is 7.05 Å². The van der Waals surface area contributed by atoms with Gasteiger partial charge in [-0.2, -0.15) is 0 Å². The molecule has 4 heteroatoms. The van der Waals surface area contributed by atoms with Crippen LogP contribution in [-0.4, -0.2) is 27.4 Å². The Kier molecular flexibility index (Phi) is 7.45.